The maximum absolute atomic E-state index is 12.0. The van der Waals surface area contributed by atoms with Crippen molar-refractivity contribution in [1.82, 2.24) is 15.3 Å². The first-order valence-electron chi connectivity index (χ1n) is 5.90. The van der Waals surface area contributed by atoms with Gasteiger partial charge in [0.15, 0.2) is 0 Å². The summed E-state index contributed by atoms with van der Waals surface area (Å²) in [5, 5.41) is 12.1. The van der Waals surface area contributed by atoms with Gasteiger partial charge in [0.25, 0.3) is 11.5 Å². The molecule has 1 unspecified atom stereocenters. The number of aromatic amines is 1. The number of hydrogen-bond acceptors (Lipinski definition) is 5. The summed E-state index contributed by atoms with van der Waals surface area (Å²) in [4.78, 5) is 31.3. The molecule has 0 aliphatic carbocycles. The third-order valence-corrected chi connectivity index (χ3v) is 4.06. The zero-order valence-electron chi connectivity index (χ0n) is 10.7. The Morgan fingerprint density at radius 1 is 1.63 bits per heavy atom. The lowest BCUT2D eigenvalue weighted by molar-refractivity contribution is 0.0946. The summed E-state index contributed by atoms with van der Waals surface area (Å²) in [6.45, 7) is 3.99. The van der Waals surface area contributed by atoms with Crippen LogP contribution in [0.3, 0.4) is 0 Å². The molecule has 7 heteroatoms. The molecule has 6 nitrogen and oxygen atoms in total. The van der Waals surface area contributed by atoms with Crippen molar-refractivity contribution in [3.8, 4) is 0 Å². The lowest BCUT2D eigenvalue weighted by Crippen LogP contribution is -2.29. The molecular formula is C12H15N3O3S. The van der Waals surface area contributed by atoms with Crippen LogP contribution in [-0.2, 0) is 0 Å². The van der Waals surface area contributed by atoms with Crippen LogP contribution in [0.5, 0.6) is 0 Å². The molecule has 102 valence electrons. The second kappa shape index (κ2) is 5.50. The van der Waals surface area contributed by atoms with E-state index in [1.807, 2.05) is 6.92 Å². The number of fused-ring (bicyclic) bond motifs is 1. The number of H-pyrrole nitrogens is 1. The Labute approximate surface area is 113 Å². The number of nitrogens with one attached hydrogen (secondary N) is 2. The number of carbonyl (C=O) groups excluding carboxylic acids is 1. The molecule has 2 aromatic heterocycles. The van der Waals surface area contributed by atoms with E-state index in [9.17, 15) is 9.59 Å². The number of aryl methyl sites for hydroxylation is 1. The third kappa shape index (κ3) is 2.66. The molecule has 0 radical (unpaired) electrons. The lowest BCUT2D eigenvalue weighted by Gasteiger charge is -2.08. The van der Waals surface area contributed by atoms with Crippen molar-refractivity contribution in [3.63, 3.8) is 0 Å². The average molecular weight is 281 g/mol. The van der Waals surface area contributed by atoms with E-state index >= 15 is 0 Å². The number of aliphatic hydroxyl groups excluding tert-OH is 1. The normalized spacial score (nSPS) is 12.6. The summed E-state index contributed by atoms with van der Waals surface area (Å²) >= 11 is 1.20. The van der Waals surface area contributed by atoms with Crippen molar-refractivity contribution >= 4 is 27.5 Å². The average Bonchev–Trinajstić information content (AvgIpc) is 2.74. The molecule has 19 heavy (non-hydrogen) atoms. The summed E-state index contributed by atoms with van der Waals surface area (Å²) in [5.41, 5.74) is 0.407. The first-order valence-corrected chi connectivity index (χ1v) is 6.72. The van der Waals surface area contributed by atoms with Crippen molar-refractivity contribution in [2.24, 2.45) is 5.92 Å². The quantitative estimate of drug-likeness (QED) is 0.767. The smallest absolute Gasteiger partial charge is 0.261 e. The number of aliphatic hydroxyl groups is 1. The second-order valence-corrected chi connectivity index (χ2v) is 5.46. The maximum Gasteiger partial charge on any atom is 0.261 e. The number of nitrogens with zero attached hydrogens (tertiary/aromatic N) is 1. The van der Waals surface area contributed by atoms with Gasteiger partial charge in [-0.25, -0.2) is 4.98 Å². The summed E-state index contributed by atoms with van der Waals surface area (Å²) in [6.07, 6.45) is 1.33. The summed E-state index contributed by atoms with van der Waals surface area (Å²) in [5.74, 6) is -0.236. The fraction of sp³-hybridized carbons (Fsp3) is 0.417. The predicted octanol–water partition coefficient (Wildman–Crippen LogP) is 0.651. The molecule has 1 amide bonds. The zero-order valence-corrected chi connectivity index (χ0v) is 11.5. The van der Waals surface area contributed by atoms with E-state index in [0.29, 0.717) is 27.2 Å². The predicted molar refractivity (Wildman–Crippen MR) is 73.6 cm³/mol. The van der Waals surface area contributed by atoms with Gasteiger partial charge in [0.2, 0.25) is 0 Å². The minimum absolute atomic E-state index is 0.000150. The highest BCUT2D eigenvalue weighted by molar-refractivity contribution is 7.20. The zero-order chi connectivity index (χ0) is 14.0. The molecule has 0 fully saturated rings. The van der Waals surface area contributed by atoms with E-state index in [2.05, 4.69) is 15.3 Å². The van der Waals surface area contributed by atoms with Crippen LogP contribution in [0.15, 0.2) is 11.1 Å². The van der Waals surface area contributed by atoms with E-state index in [4.69, 9.17) is 5.11 Å². The maximum atomic E-state index is 12.0. The Bertz CT molecular complexity index is 662. The molecule has 0 saturated carbocycles. The highest BCUT2D eigenvalue weighted by Gasteiger charge is 2.18. The molecule has 0 saturated heterocycles. The largest absolute Gasteiger partial charge is 0.396 e. The fourth-order valence-corrected chi connectivity index (χ4v) is 2.77. The van der Waals surface area contributed by atoms with Crippen LogP contribution in [0.25, 0.3) is 10.2 Å². The number of hydrogen-bond donors (Lipinski definition) is 3. The van der Waals surface area contributed by atoms with E-state index < -0.39 is 0 Å². The van der Waals surface area contributed by atoms with Crippen LogP contribution in [0, 0.1) is 12.8 Å². The molecule has 0 spiro atoms. The fourth-order valence-electron chi connectivity index (χ4n) is 1.71. The van der Waals surface area contributed by atoms with Crippen molar-refractivity contribution in [3.05, 3.63) is 27.1 Å². The number of carbonyl (C=O) groups is 1. The molecule has 2 aromatic rings. The summed E-state index contributed by atoms with van der Waals surface area (Å²) in [7, 11) is 0. The monoisotopic (exact) mass is 281 g/mol. The molecule has 1 atom stereocenters. The summed E-state index contributed by atoms with van der Waals surface area (Å²) < 4.78 is 0. The van der Waals surface area contributed by atoms with E-state index in [0.717, 1.165) is 0 Å². The Hall–Kier alpha value is -1.73. The topological polar surface area (TPSA) is 95.1 Å². The van der Waals surface area contributed by atoms with E-state index in [1.165, 1.54) is 17.7 Å². The minimum Gasteiger partial charge on any atom is -0.396 e. The van der Waals surface area contributed by atoms with Gasteiger partial charge in [-0.15, -0.1) is 11.3 Å². The lowest BCUT2D eigenvalue weighted by atomic mass is 10.2. The molecule has 0 bridgehead atoms. The standard InChI is InChI=1S/C12H15N3O3S/c1-6(4-16)3-13-11(18)9-7(2)8-10(17)14-5-15-12(8)19-9/h5-6,16H,3-4H2,1-2H3,(H,13,18)(H,14,15,17). The van der Waals surface area contributed by atoms with Gasteiger partial charge < -0.3 is 15.4 Å². The Morgan fingerprint density at radius 3 is 3.00 bits per heavy atom. The van der Waals surface area contributed by atoms with Crippen molar-refractivity contribution in [1.29, 1.82) is 0 Å². The Morgan fingerprint density at radius 2 is 2.37 bits per heavy atom. The molecule has 3 N–H and O–H groups in total. The van der Waals surface area contributed by atoms with Gasteiger partial charge in [-0.2, -0.15) is 0 Å². The molecule has 2 rings (SSSR count). The second-order valence-electron chi connectivity index (χ2n) is 4.47. The first-order chi connectivity index (χ1) is 9.04. The third-order valence-electron chi connectivity index (χ3n) is 2.86. The van der Waals surface area contributed by atoms with Gasteiger partial charge in [-0.1, -0.05) is 6.92 Å². The molecule has 2 heterocycles. The molecule has 0 aliphatic rings. The van der Waals surface area contributed by atoms with Crippen molar-refractivity contribution in [2.75, 3.05) is 13.2 Å². The van der Waals surface area contributed by atoms with Gasteiger partial charge in [-0.3, -0.25) is 9.59 Å². The number of amides is 1. The van der Waals surface area contributed by atoms with Gasteiger partial charge >= 0.3 is 0 Å². The highest BCUT2D eigenvalue weighted by atomic mass is 32.1. The van der Waals surface area contributed by atoms with E-state index in [-0.39, 0.29) is 24.0 Å². The number of aromatic nitrogens is 2. The highest BCUT2D eigenvalue weighted by Crippen LogP contribution is 2.26. The minimum atomic E-state index is -0.236. The molecular weight excluding hydrogens is 266 g/mol. The van der Waals surface area contributed by atoms with Crippen LogP contribution in [0.4, 0.5) is 0 Å². The van der Waals surface area contributed by atoms with Gasteiger partial charge in [0, 0.05) is 13.2 Å². The van der Waals surface area contributed by atoms with E-state index in [1.54, 1.807) is 6.92 Å². The van der Waals surface area contributed by atoms with Crippen molar-refractivity contribution < 1.29 is 9.90 Å². The van der Waals surface area contributed by atoms with Crippen LogP contribution in [0.1, 0.15) is 22.2 Å². The summed E-state index contributed by atoms with van der Waals surface area (Å²) in [6, 6.07) is 0. The van der Waals surface area contributed by atoms with Crippen molar-refractivity contribution in [2.45, 2.75) is 13.8 Å². The Kier molecular flexibility index (Phi) is 3.96. The van der Waals surface area contributed by atoms with Gasteiger partial charge in [0.1, 0.15) is 4.83 Å². The molecule has 0 aliphatic heterocycles. The van der Waals surface area contributed by atoms with Gasteiger partial charge in [-0.05, 0) is 18.4 Å². The Balaban J connectivity index is 2.31. The van der Waals surface area contributed by atoms with Crippen LogP contribution < -0.4 is 10.9 Å². The molecule has 0 aromatic carbocycles. The van der Waals surface area contributed by atoms with Crippen LogP contribution in [-0.4, -0.2) is 34.1 Å². The van der Waals surface area contributed by atoms with Crippen LogP contribution in [0.2, 0.25) is 0 Å². The van der Waals surface area contributed by atoms with Crippen LogP contribution >= 0.6 is 11.3 Å². The van der Waals surface area contributed by atoms with Gasteiger partial charge in [0.05, 0.1) is 16.6 Å². The number of rotatable bonds is 4. The first kappa shape index (κ1) is 13.7. The number of thiophene rings is 1. The SMILES string of the molecule is Cc1c(C(=O)NCC(C)CO)sc2nc[nH]c(=O)c12.